The van der Waals surface area contributed by atoms with Crippen LogP contribution in [0.2, 0.25) is 0 Å². The molecule has 0 spiro atoms. The van der Waals surface area contributed by atoms with Crippen molar-refractivity contribution in [1.82, 2.24) is 10.2 Å². The van der Waals surface area contributed by atoms with Crippen LogP contribution in [-0.2, 0) is 9.31 Å². The van der Waals surface area contributed by atoms with Crippen LogP contribution in [0.5, 0.6) is 0 Å². The molecule has 0 aliphatic carbocycles. The van der Waals surface area contributed by atoms with Crippen LogP contribution in [0.1, 0.15) is 32.7 Å². The Bertz CT molecular complexity index is 362. The molecule has 1 aromatic rings. The molecule has 4 nitrogen and oxygen atoms in total. The van der Waals surface area contributed by atoms with E-state index >= 15 is 0 Å². The number of hydrogen-bond donors (Lipinski definition) is 0. The van der Waals surface area contributed by atoms with Crippen molar-refractivity contribution in [2.24, 2.45) is 0 Å². The number of aromatic nitrogens is 2. The normalized spacial score (nSPS) is 23.4. The van der Waals surface area contributed by atoms with Crippen molar-refractivity contribution in [3.63, 3.8) is 0 Å². The summed E-state index contributed by atoms with van der Waals surface area (Å²) in [5.74, 6) is 0. The summed E-state index contributed by atoms with van der Waals surface area (Å²) in [6, 6.07) is 0. The fraction of sp³-hybridized carbons (Fsp3) is 0.778. The van der Waals surface area contributed by atoms with E-state index in [0.29, 0.717) is 0 Å². The van der Waals surface area contributed by atoms with Gasteiger partial charge >= 0.3 is 7.12 Å². The van der Waals surface area contributed by atoms with Gasteiger partial charge < -0.3 is 9.31 Å². The molecule has 1 aromatic heterocycles. The fourth-order valence-corrected chi connectivity index (χ4v) is 2.01. The first-order valence-corrected chi connectivity index (χ1v) is 5.79. The van der Waals surface area contributed by atoms with Crippen molar-refractivity contribution < 1.29 is 9.31 Å². The smallest absolute Gasteiger partial charge is 0.398 e. The van der Waals surface area contributed by atoms with Gasteiger partial charge in [0, 0.05) is 0 Å². The molecule has 0 amide bonds. The second kappa shape index (κ2) is 3.27. The van der Waals surface area contributed by atoms with Crippen molar-refractivity contribution in [3.8, 4) is 0 Å². The first-order valence-electron chi connectivity index (χ1n) is 4.97. The van der Waals surface area contributed by atoms with Gasteiger partial charge in [0.15, 0.2) is 0 Å². The molecule has 0 unspecified atom stereocenters. The van der Waals surface area contributed by atoms with Gasteiger partial charge in [0.2, 0.25) is 0 Å². The van der Waals surface area contributed by atoms with Gasteiger partial charge in [0.25, 0.3) is 0 Å². The summed E-state index contributed by atoms with van der Waals surface area (Å²) >= 11 is 1.51. The topological polar surface area (TPSA) is 44.2 Å². The molecule has 15 heavy (non-hydrogen) atoms. The Labute approximate surface area is 94.1 Å². The molecule has 0 bridgehead atoms. The minimum Gasteiger partial charge on any atom is -0.398 e. The predicted octanol–water partition coefficient (Wildman–Crippen LogP) is 1.15. The number of rotatable bonds is 1. The van der Waals surface area contributed by atoms with Crippen molar-refractivity contribution in [3.05, 3.63) is 5.01 Å². The van der Waals surface area contributed by atoms with Crippen molar-refractivity contribution in [2.45, 2.75) is 45.8 Å². The van der Waals surface area contributed by atoms with E-state index < -0.39 is 0 Å². The standard InChI is InChI=1S/C9H15BN2O2S/c1-6-11-12-7(15-6)10-13-8(2,3)9(4,5)14-10/h1-5H3. The fourth-order valence-electron chi connectivity index (χ4n) is 1.35. The van der Waals surface area contributed by atoms with E-state index in [9.17, 15) is 0 Å². The highest BCUT2D eigenvalue weighted by molar-refractivity contribution is 7.21. The van der Waals surface area contributed by atoms with Gasteiger partial charge in [-0.1, -0.05) is 0 Å². The van der Waals surface area contributed by atoms with Crippen LogP contribution in [0, 0.1) is 6.92 Å². The second-order valence-corrected chi connectivity index (χ2v) is 5.96. The maximum Gasteiger partial charge on any atom is 0.527 e. The molecular weight excluding hydrogens is 211 g/mol. The summed E-state index contributed by atoms with van der Waals surface area (Å²) in [6.07, 6.45) is 0. The lowest BCUT2D eigenvalue weighted by Crippen LogP contribution is -2.41. The van der Waals surface area contributed by atoms with Gasteiger partial charge in [0.05, 0.1) is 11.2 Å². The van der Waals surface area contributed by atoms with Gasteiger partial charge in [0.1, 0.15) is 9.91 Å². The average molecular weight is 226 g/mol. The summed E-state index contributed by atoms with van der Waals surface area (Å²) in [7, 11) is -0.374. The van der Waals surface area contributed by atoms with Gasteiger partial charge in [-0.15, -0.1) is 21.5 Å². The summed E-state index contributed by atoms with van der Waals surface area (Å²) in [4.78, 5) is 0.797. The summed E-state index contributed by atoms with van der Waals surface area (Å²) in [5.41, 5.74) is -0.617. The van der Waals surface area contributed by atoms with Crippen LogP contribution in [-0.4, -0.2) is 28.5 Å². The largest absolute Gasteiger partial charge is 0.527 e. The van der Waals surface area contributed by atoms with Gasteiger partial charge in [-0.25, -0.2) is 0 Å². The van der Waals surface area contributed by atoms with E-state index in [1.165, 1.54) is 11.3 Å². The molecule has 0 aromatic carbocycles. The number of nitrogens with zero attached hydrogens (tertiary/aromatic N) is 2. The van der Waals surface area contributed by atoms with Crippen LogP contribution in [0.15, 0.2) is 0 Å². The average Bonchev–Trinajstić information content (AvgIpc) is 2.56. The minimum atomic E-state index is -0.374. The second-order valence-electron chi connectivity index (χ2n) is 4.75. The summed E-state index contributed by atoms with van der Waals surface area (Å²) in [6.45, 7) is 10.0. The third-order valence-corrected chi connectivity index (χ3v) is 3.86. The molecule has 1 aliphatic heterocycles. The highest BCUT2D eigenvalue weighted by Crippen LogP contribution is 2.36. The van der Waals surface area contributed by atoms with E-state index in [1.807, 2.05) is 34.6 Å². The molecule has 0 N–H and O–H groups in total. The molecule has 2 heterocycles. The molecule has 0 atom stereocenters. The zero-order chi connectivity index (χ0) is 11.3. The Morgan fingerprint density at radius 2 is 1.60 bits per heavy atom. The van der Waals surface area contributed by atoms with E-state index in [2.05, 4.69) is 10.2 Å². The first-order chi connectivity index (χ1) is 6.82. The third kappa shape index (κ3) is 1.81. The van der Waals surface area contributed by atoms with Crippen LogP contribution in [0.4, 0.5) is 0 Å². The highest BCUT2D eigenvalue weighted by atomic mass is 32.1. The molecule has 2 rings (SSSR count). The lowest BCUT2D eigenvalue weighted by molar-refractivity contribution is 0.00578. The number of aryl methyl sites for hydroxylation is 1. The Morgan fingerprint density at radius 3 is 2.00 bits per heavy atom. The van der Waals surface area contributed by atoms with Crippen molar-refractivity contribution >= 4 is 23.4 Å². The molecule has 6 heteroatoms. The molecule has 82 valence electrons. The van der Waals surface area contributed by atoms with Crippen LogP contribution in [0.25, 0.3) is 0 Å². The lowest BCUT2D eigenvalue weighted by Gasteiger charge is -2.32. The molecule has 1 fully saturated rings. The Hall–Kier alpha value is -0.455. The maximum atomic E-state index is 5.85. The third-order valence-electron chi connectivity index (χ3n) is 3.00. The van der Waals surface area contributed by atoms with Crippen molar-refractivity contribution in [2.75, 3.05) is 0 Å². The van der Waals surface area contributed by atoms with E-state index in [0.717, 1.165) is 9.91 Å². The zero-order valence-corrected chi connectivity index (χ0v) is 10.5. The van der Waals surface area contributed by atoms with Crippen molar-refractivity contribution in [1.29, 1.82) is 0 Å². The maximum absolute atomic E-state index is 5.85. The quantitative estimate of drug-likeness (QED) is 0.673. The Morgan fingerprint density at radius 1 is 1.07 bits per heavy atom. The van der Waals surface area contributed by atoms with E-state index in [-0.39, 0.29) is 18.3 Å². The van der Waals surface area contributed by atoms with Crippen LogP contribution in [0.3, 0.4) is 0 Å². The molecule has 0 saturated carbocycles. The molecular formula is C9H15BN2O2S. The SMILES string of the molecule is Cc1nnc(B2OC(C)(C)C(C)(C)O2)s1. The molecule has 1 saturated heterocycles. The summed E-state index contributed by atoms with van der Waals surface area (Å²) in [5, 5.41) is 8.94. The minimum absolute atomic E-state index is 0.308. The van der Waals surface area contributed by atoms with Gasteiger partial charge in [-0.05, 0) is 34.6 Å². The monoisotopic (exact) mass is 226 g/mol. The first kappa shape index (κ1) is 11.0. The lowest BCUT2D eigenvalue weighted by atomic mass is 9.90. The Balaban J connectivity index is 2.23. The predicted molar refractivity (Wildman–Crippen MR) is 60.4 cm³/mol. The van der Waals surface area contributed by atoms with Crippen LogP contribution >= 0.6 is 11.3 Å². The van der Waals surface area contributed by atoms with E-state index in [4.69, 9.17) is 9.31 Å². The van der Waals surface area contributed by atoms with Gasteiger partial charge in [-0.3, -0.25) is 0 Å². The molecule has 1 aliphatic rings. The summed E-state index contributed by atoms with van der Waals surface area (Å²) < 4.78 is 11.7. The van der Waals surface area contributed by atoms with Crippen LogP contribution < -0.4 is 4.91 Å². The zero-order valence-electron chi connectivity index (χ0n) is 9.70. The molecule has 0 radical (unpaired) electrons. The highest BCUT2D eigenvalue weighted by Gasteiger charge is 2.53. The number of hydrogen-bond acceptors (Lipinski definition) is 5. The Kier molecular flexibility index (Phi) is 2.40. The van der Waals surface area contributed by atoms with Gasteiger partial charge in [-0.2, -0.15) is 0 Å². The van der Waals surface area contributed by atoms with E-state index in [1.54, 1.807) is 0 Å².